The van der Waals surface area contributed by atoms with Crippen LogP contribution in [0, 0.1) is 0 Å². The highest BCUT2D eigenvalue weighted by molar-refractivity contribution is 7.09. The summed E-state index contributed by atoms with van der Waals surface area (Å²) >= 11 is 1.76. The van der Waals surface area contributed by atoms with Gasteiger partial charge in [-0.25, -0.2) is 0 Å². The molecule has 3 N–H and O–H groups in total. The van der Waals surface area contributed by atoms with Gasteiger partial charge in [0.05, 0.1) is 0 Å². The van der Waals surface area contributed by atoms with Gasteiger partial charge in [-0.05, 0) is 55.7 Å². The van der Waals surface area contributed by atoms with Crippen LogP contribution in [0.3, 0.4) is 0 Å². The van der Waals surface area contributed by atoms with E-state index in [4.69, 9.17) is 5.73 Å². The van der Waals surface area contributed by atoms with E-state index in [-0.39, 0.29) is 5.91 Å². The van der Waals surface area contributed by atoms with Crippen molar-refractivity contribution >= 4 is 28.6 Å². The molecule has 0 saturated heterocycles. The Kier molecular flexibility index (Phi) is 5.78. The molecule has 1 heterocycles. The minimum absolute atomic E-state index is 0.0456. The monoisotopic (exact) mass is 303 g/mol. The molecule has 0 radical (unpaired) electrons. The summed E-state index contributed by atoms with van der Waals surface area (Å²) < 4.78 is 0. The Hall–Kier alpha value is -1.85. The first-order valence-electron chi connectivity index (χ1n) is 7.00. The van der Waals surface area contributed by atoms with Crippen LogP contribution in [0.2, 0.25) is 0 Å². The van der Waals surface area contributed by atoms with E-state index < -0.39 is 0 Å². The predicted molar refractivity (Wildman–Crippen MR) is 89.4 cm³/mol. The Morgan fingerprint density at radius 1 is 1.29 bits per heavy atom. The number of anilines is 2. The number of benzene rings is 1. The molecular formula is C16H21N3OS. The fourth-order valence-electron chi connectivity index (χ4n) is 2.05. The van der Waals surface area contributed by atoms with E-state index in [2.05, 4.69) is 34.8 Å². The third-order valence-corrected chi connectivity index (χ3v) is 4.01. The molecular weight excluding hydrogens is 282 g/mol. The largest absolute Gasteiger partial charge is 0.399 e. The summed E-state index contributed by atoms with van der Waals surface area (Å²) in [6, 6.07) is 11.4. The average molecular weight is 303 g/mol. The van der Waals surface area contributed by atoms with E-state index >= 15 is 0 Å². The van der Waals surface area contributed by atoms with E-state index in [1.807, 2.05) is 12.1 Å². The number of thiophene rings is 1. The molecule has 0 bridgehead atoms. The molecule has 5 heteroatoms. The highest BCUT2D eigenvalue weighted by Crippen LogP contribution is 2.12. The molecule has 0 aliphatic rings. The van der Waals surface area contributed by atoms with Crippen molar-refractivity contribution in [3.8, 4) is 0 Å². The van der Waals surface area contributed by atoms with E-state index in [1.54, 1.807) is 23.5 Å². The van der Waals surface area contributed by atoms with Gasteiger partial charge in [0, 0.05) is 29.2 Å². The molecule has 1 amide bonds. The van der Waals surface area contributed by atoms with E-state index in [0.717, 1.165) is 25.2 Å². The molecule has 0 fully saturated rings. The van der Waals surface area contributed by atoms with Gasteiger partial charge >= 0.3 is 0 Å². The van der Waals surface area contributed by atoms with Crippen LogP contribution in [0.1, 0.15) is 17.7 Å². The van der Waals surface area contributed by atoms with Crippen LogP contribution in [0.4, 0.5) is 11.4 Å². The molecule has 1 aromatic heterocycles. The van der Waals surface area contributed by atoms with Crippen molar-refractivity contribution in [2.75, 3.05) is 24.6 Å². The molecule has 0 saturated carbocycles. The van der Waals surface area contributed by atoms with E-state index in [0.29, 0.717) is 12.1 Å². The van der Waals surface area contributed by atoms with Gasteiger partial charge in [-0.1, -0.05) is 6.07 Å². The third-order valence-electron chi connectivity index (χ3n) is 3.14. The standard InChI is InChI=1S/C16H21N3OS/c1-19(12-15-4-3-11-21-15)10-2-5-16(20)18-14-8-6-13(17)7-9-14/h3-4,6-9,11H,2,5,10,12,17H2,1H3,(H,18,20). The summed E-state index contributed by atoms with van der Waals surface area (Å²) in [5.41, 5.74) is 7.10. The zero-order valence-corrected chi connectivity index (χ0v) is 13.0. The molecule has 0 unspecified atom stereocenters. The van der Waals surface area contributed by atoms with Crippen molar-refractivity contribution in [1.82, 2.24) is 4.90 Å². The van der Waals surface area contributed by atoms with Crippen LogP contribution in [-0.2, 0) is 11.3 Å². The Labute approximate surface area is 129 Å². The second-order valence-corrected chi connectivity index (χ2v) is 6.12. The molecule has 1 aromatic carbocycles. The number of nitrogen functional groups attached to an aromatic ring is 1. The molecule has 2 aromatic rings. The maximum atomic E-state index is 11.8. The fourth-order valence-corrected chi connectivity index (χ4v) is 2.83. The van der Waals surface area contributed by atoms with Gasteiger partial charge in [0.1, 0.15) is 0 Å². The van der Waals surface area contributed by atoms with Crippen LogP contribution in [0.25, 0.3) is 0 Å². The van der Waals surface area contributed by atoms with Gasteiger partial charge in [-0.15, -0.1) is 11.3 Å². The van der Waals surface area contributed by atoms with Crippen LogP contribution in [-0.4, -0.2) is 24.4 Å². The van der Waals surface area contributed by atoms with E-state index in [1.165, 1.54) is 4.88 Å². The summed E-state index contributed by atoms with van der Waals surface area (Å²) in [5, 5.41) is 4.96. The number of rotatable bonds is 7. The first-order valence-corrected chi connectivity index (χ1v) is 7.88. The Balaban J connectivity index is 1.65. The van der Waals surface area contributed by atoms with Gasteiger partial charge in [-0.2, -0.15) is 0 Å². The van der Waals surface area contributed by atoms with E-state index in [9.17, 15) is 4.79 Å². The number of carbonyl (C=O) groups is 1. The molecule has 0 spiro atoms. The van der Waals surface area contributed by atoms with Gasteiger partial charge < -0.3 is 16.0 Å². The minimum atomic E-state index is 0.0456. The maximum Gasteiger partial charge on any atom is 0.224 e. The van der Waals surface area contributed by atoms with Crippen molar-refractivity contribution in [2.24, 2.45) is 0 Å². The maximum absolute atomic E-state index is 11.8. The number of hydrogen-bond donors (Lipinski definition) is 2. The van der Waals surface area contributed by atoms with Gasteiger partial charge in [0.25, 0.3) is 0 Å². The van der Waals surface area contributed by atoms with Crippen molar-refractivity contribution in [3.05, 3.63) is 46.7 Å². The lowest BCUT2D eigenvalue weighted by molar-refractivity contribution is -0.116. The van der Waals surface area contributed by atoms with Crippen LogP contribution in [0.5, 0.6) is 0 Å². The lowest BCUT2D eigenvalue weighted by atomic mass is 10.2. The van der Waals surface area contributed by atoms with Gasteiger partial charge in [0.15, 0.2) is 0 Å². The summed E-state index contributed by atoms with van der Waals surface area (Å²) in [7, 11) is 2.08. The SMILES string of the molecule is CN(CCCC(=O)Nc1ccc(N)cc1)Cc1cccs1. The summed E-state index contributed by atoms with van der Waals surface area (Å²) in [4.78, 5) is 15.4. The van der Waals surface area contributed by atoms with Crippen molar-refractivity contribution in [2.45, 2.75) is 19.4 Å². The molecule has 0 aliphatic carbocycles. The lowest BCUT2D eigenvalue weighted by Crippen LogP contribution is -2.20. The molecule has 4 nitrogen and oxygen atoms in total. The van der Waals surface area contributed by atoms with Crippen LogP contribution >= 0.6 is 11.3 Å². The fraction of sp³-hybridized carbons (Fsp3) is 0.312. The Morgan fingerprint density at radius 2 is 2.05 bits per heavy atom. The third kappa shape index (κ3) is 5.57. The zero-order chi connectivity index (χ0) is 15.1. The molecule has 112 valence electrons. The minimum Gasteiger partial charge on any atom is -0.399 e. The average Bonchev–Trinajstić information content (AvgIpc) is 2.94. The topological polar surface area (TPSA) is 58.4 Å². The highest BCUT2D eigenvalue weighted by atomic mass is 32.1. The quantitative estimate of drug-likeness (QED) is 0.772. The van der Waals surface area contributed by atoms with Crippen LogP contribution < -0.4 is 11.1 Å². The Bertz CT molecular complexity index is 551. The lowest BCUT2D eigenvalue weighted by Gasteiger charge is -2.15. The first kappa shape index (κ1) is 15.5. The number of nitrogens with zero attached hydrogens (tertiary/aromatic N) is 1. The van der Waals surface area contributed by atoms with Gasteiger partial charge in [-0.3, -0.25) is 4.79 Å². The molecule has 21 heavy (non-hydrogen) atoms. The summed E-state index contributed by atoms with van der Waals surface area (Å²) in [5.74, 6) is 0.0456. The normalized spacial score (nSPS) is 10.8. The predicted octanol–water partition coefficient (Wildman–Crippen LogP) is 3.18. The number of amides is 1. The van der Waals surface area contributed by atoms with Crippen molar-refractivity contribution < 1.29 is 4.79 Å². The smallest absolute Gasteiger partial charge is 0.224 e. The molecule has 2 rings (SSSR count). The molecule has 0 atom stereocenters. The Morgan fingerprint density at radius 3 is 2.71 bits per heavy atom. The molecule has 0 aliphatic heterocycles. The highest BCUT2D eigenvalue weighted by Gasteiger charge is 2.05. The zero-order valence-electron chi connectivity index (χ0n) is 12.2. The number of hydrogen-bond acceptors (Lipinski definition) is 4. The number of nitrogens with two attached hydrogens (primary N) is 1. The summed E-state index contributed by atoms with van der Waals surface area (Å²) in [6.07, 6.45) is 1.38. The number of nitrogens with one attached hydrogen (secondary N) is 1. The summed E-state index contributed by atoms with van der Waals surface area (Å²) in [6.45, 7) is 1.85. The number of carbonyl (C=O) groups excluding carboxylic acids is 1. The van der Waals surface area contributed by atoms with Crippen molar-refractivity contribution in [3.63, 3.8) is 0 Å². The second kappa shape index (κ2) is 7.81. The van der Waals surface area contributed by atoms with Gasteiger partial charge in [0.2, 0.25) is 5.91 Å². The first-order chi connectivity index (χ1) is 10.1. The van der Waals surface area contributed by atoms with Crippen LogP contribution in [0.15, 0.2) is 41.8 Å². The van der Waals surface area contributed by atoms with Crippen molar-refractivity contribution in [1.29, 1.82) is 0 Å². The second-order valence-electron chi connectivity index (χ2n) is 5.09.